The lowest BCUT2D eigenvalue weighted by atomic mass is 9.92. The Bertz CT molecular complexity index is 866. The molecule has 200 valence electrons. The summed E-state index contributed by atoms with van der Waals surface area (Å²) in [5.74, 6) is -2.04. The van der Waals surface area contributed by atoms with Crippen LogP contribution in [0.2, 0.25) is 0 Å². The lowest BCUT2D eigenvalue weighted by Gasteiger charge is -2.35. The van der Waals surface area contributed by atoms with E-state index in [1.807, 2.05) is 12.2 Å². The van der Waals surface area contributed by atoms with Gasteiger partial charge in [0.05, 0.1) is 0 Å². The number of carbonyl (C=O) groups excluding carboxylic acids is 2. The summed E-state index contributed by atoms with van der Waals surface area (Å²) in [5, 5.41) is 0. The van der Waals surface area contributed by atoms with Gasteiger partial charge in [-0.05, 0) is 32.1 Å². The first-order valence-electron chi connectivity index (χ1n) is 12.6. The molecule has 1 aliphatic heterocycles. The molecule has 0 saturated carbocycles. The van der Waals surface area contributed by atoms with Gasteiger partial charge in [0.25, 0.3) is 5.60 Å². The maximum atomic E-state index is 14.3. The van der Waals surface area contributed by atoms with Crippen LogP contribution < -0.4 is 0 Å². The fourth-order valence-electron chi connectivity index (χ4n) is 4.21. The Morgan fingerprint density at radius 1 is 1.00 bits per heavy atom. The molecule has 0 fully saturated rings. The highest BCUT2D eigenvalue weighted by Crippen LogP contribution is 2.43. The Morgan fingerprint density at radius 2 is 1.67 bits per heavy atom. The van der Waals surface area contributed by atoms with E-state index in [2.05, 4.69) is 6.08 Å². The molecule has 36 heavy (non-hydrogen) atoms. The van der Waals surface area contributed by atoms with Crippen LogP contribution in [0.5, 0.6) is 0 Å². The van der Waals surface area contributed by atoms with Crippen LogP contribution in [0.3, 0.4) is 0 Å². The van der Waals surface area contributed by atoms with Crippen molar-refractivity contribution < 1.29 is 37.0 Å². The van der Waals surface area contributed by atoms with Crippen LogP contribution in [0.1, 0.15) is 76.7 Å². The molecule has 0 spiro atoms. The molecule has 0 saturated heterocycles. The molecule has 1 aliphatic rings. The smallest absolute Gasteiger partial charge is 0.432 e. The van der Waals surface area contributed by atoms with Crippen molar-refractivity contribution in [2.45, 2.75) is 95.1 Å². The van der Waals surface area contributed by atoms with Crippen LogP contribution in [0.15, 0.2) is 54.6 Å². The van der Waals surface area contributed by atoms with Gasteiger partial charge in [-0.3, -0.25) is 4.79 Å². The average Bonchev–Trinajstić information content (AvgIpc) is 2.85. The second-order valence-corrected chi connectivity index (χ2v) is 8.85. The summed E-state index contributed by atoms with van der Waals surface area (Å²) in [6.45, 7) is 1.73. The summed E-state index contributed by atoms with van der Waals surface area (Å²) in [7, 11) is 0.826. The molecular weight excluding hydrogens is 473 g/mol. The van der Waals surface area contributed by atoms with E-state index < -0.39 is 35.9 Å². The maximum Gasteiger partial charge on any atom is 0.432 e. The third-order valence-corrected chi connectivity index (χ3v) is 6.26. The highest BCUT2D eigenvalue weighted by Gasteiger charge is 2.64. The molecule has 0 aliphatic carbocycles. The van der Waals surface area contributed by atoms with Crippen molar-refractivity contribution in [3.05, 3.63) is 60.2 Å². The predicted molar refractivity (Wildman–Crippen MR) is 131 cm³/mol. The average molecular weight is 511 g/mol. The van der Waals surface area contributed by atoms with Gasteiger partial charge in [-0.15, -0.1) is 0 Å². The molecular formula is C28H37F3O5. The second kappa shape index (κ2) is 14.8. The van der Waals surface area contributed by atoms with E-state index in [-0.39, 0.29) is 24.8 Å². The number of hydrogen-bond donors (Lipinski definition) is 0. The Morgan fingerprint density at radius 3 is 2.33 bits per heavy atom. The van der Waals surface area contributed by atoms with Crippen molar-refractivity contribution in [3.8, 4) is 0 Å². The minimum absolute atomic E-state index is 0.0950. The van der Waals surface area contributed by atoms with Crippen LogP contribution in [0.25, 0.3) is 0 Å². The first-order valence-corrected chi connectivity index (χ1v) is 12.6. The van der Waals surface area contributed by atoms with Gasteiger partial charge in [0, 0.05) is 25.5 Å². The standard InChI is InChI=1S/C28H37F3O5/c1-3-23-24(20-16-11-9-7-5-4-6-8-10-12-17-21-25(32)35-23)36-26(33)27(34-2,28(29,30)31)22-18-14-13-15-19-22/h5,7,11,13-16,18-19,23-24H,3-4,6,8-10,12,17,20-21H2,1-2H3/b7-5-,16-11-/t23-,24+,27-/m1/s1. The fraction of sp³-hybridized carbons (Fsp3) is 0.571. The minimum Gasteiger partial charge on any atom is -0.458 e. The van der Waals surface area contributed by atoms with Gasteiger partial charge in [-0.1, -0.05) is 80.8 Å². The van der Waals surface area contributed by atoms with E-state index in [9.17, 15) is 22.8 Å². The van der Waals surface area contributed by atoms with E-state index in [1.54, 1.807) is 19.1 Å². The molecule has 0 aromatic heterocycles. The number of halogens is 3. The van der Waals surface area contributed by atoms with Gasteiger partial charge in [0.2, 0.25) is 0 Å². The van der Waals surface area contributed by atoms with Crippen molar-refractivity contribution in [2.24, 2.45) is 0 Å². The number of rotatable bonds is 5. The third-order valence-electron chi connectivity index (χ3n) is 6.26. The SMILES string of the molecule is CC[C@H]1OC(=O)CCCCCCC/C=C\C/C=C\C[C@@H]1OC(=O)[C@](OC)(c1ccccc1)C(F)(F)F. The largest absolute Gasteiger partial charge is 0.458 e. The van der Waals surface area contributed by atoms with Crippen LogP contribution >= 0.6 is 0 Å². The van der Waals surface area contributed by atoms with Crippen LogP contribution in [0, 0.1) is 0 Å². The summed E-state index contributed by atoms with van der Waals surface area (Å²) in [6, 6.07) is 6.67. The third kappa shape index (κ3) is 8.22. The number of cyclic esters (lactones) is 1. The van der Waals surface area contributed by atoms with Gasteiger partial charge < -0.3 is 14.2 Å². The van der Waals surface area contributed by atoms with Gasteiger partial charge in [0.1, 0.15) is 12.2 Å². The monoisotopic (exact) mass is 510 g/mol. The predicted octanol–water partition coefficient (Wildman–Crippen LogP) is 6.96. The first-order chi connectivity index (χ1) is 17.3. The Balaban J connectivity index is 2.33. The number of esters is 2. The van der Waals surface area contributed by atoms with Crippen LogP contribution in [-0.2, 0) is 29.4 Å². The quantitative estimate of drug-likeness (QED) is 0.317. The van der Waals surface area contributed by atoms with Crippen molar-refractivity contribution in [1.82, 2.24) is 0 Å². The second-order valence-electron chi connectivity index (χ2n) is 8.85. The first kappa shape index (κ1) is 29.6. The zero-order chi connectivity index (χ0) is 26.4. The maximum absolute atomic E-state index is 14.3. The summed E-state index contributed by atoms with van der Waals surface area (Å²) in [5.41, 5.74) is -3.70. The van der Waals surface area contributed by atoms with Gasteiger partial charge >= 0.3 is 18.1 Å². The zero-order valence-corrected chi connectivity index (χ0v) is 21.1. The molecule has 1 aromatic rings. The molecule has 1 heterocycles. The van der Waals surface area contributed by atoms with Crippen molar-refractivity contribution >= 4 is 11.9 Å². The molecule has 2 rings (SSSR count). The topological polar surface area (TPSA) is 61.8 Å². The Hall–Kier alpha value is -2.61. The molecule has 0 bridgehead atoms. The zero-order valence-electron chi connectivity index (χ0n) is 21.1. The molecule has 1 aromatic carbocycles. The number of allylic oxidation sites excluding steroid dienone is 3. The van der Waals surface area contributed by atoms with Crippen LogP contribution in [-0.4, -0.2) is 37.4 Å². The lowest BCUT2D eigenvalue weighted by Crippen LogP contribution is -2.53. The molecule has 3 atom stereocenters. The molecule has 0 radical (unpaired) electrons. The lowest BCUT2D eigenvalue weighted by molar-refractivity contribution is -0.279. The fourth-order valence-corrected chi connectivity index (χ4v) is 4.21. The number of methoxy groups -OCH3 is 1. The summed E-state index contributed by atoms with van der Waals surface area (Å²) < 4.78 is 58.9. The van der Waals surface area contributed by atoms with Crippen molar-refractivity contribution in [2.75, 3.05) is 7.11 Å². The summed E-state index contributed by atoms with van der Waals surface area (Å²) >= 11 is 0. The molecule has 0 unspecified atom stereocenters. The van der Waals surface area contributed by atoms with Crippen molar-refractivity contribution in [3.63, 3.8) is 0 Å². The number of carbonyl (C=O) groups is 2. The molecule has 5 nitrogen and oxygen atoms in total. The van der Waals surface area contributed by atoms with Crippen molar-refractivity contribution in [1.29, 1.82) is 0 Å². The number of hydrogen-bond acceptors (Lipinski definition) is 5. The summed E-state index contributed by atoms with van der Waals surface area (Å²) in [4.78, 5) is 25.7. The Labute approximate surface area is 211 Å². The van der Waals surface area contributed by atoms with E-state index in [0.29, 0.717) is 12.8 Å². The summed E-state index contributed by atoms with van der Waals surface area (Å²) in [6.07, 6.45) is 7.61. The van der Waals surface area contributed by atoms with Gasteiger partial charge in [0.15, 0.2) is 0 Å². The highest BCUT2D eigenvalue weighted by molar-refractivity contribution is 5.83. The van der Waals surface area contributed by atoms with Crippen LogP contribution in [0.4, 0.5) is 13.2 Å². The molecule has 0 amide bonds. The highest BCUT2D eigenvalue weighted by atomic mass is 19.4. The number of ether oxygens (including phenoxy) is 3. The van der Waals surface area contributed by atoms with Gasteiger partial charge in [-0.25, -0.2) is 4.79 Å². The van der Waals surface area contributed by atoms with Gasteiger partial charge in [-0.2, -0.15) is 13.2 Å². The number of benzene rings is 1. The van der Waals surface area contributed by atoms with E-state index in [4.69, 9.17) is 14.2 Å². The molecule has 0 N–H and O–H groups in total. The normalized spacial score (nSPS) is 24.5. The van der Waals surface area contributed by atoms with E-state index >= 15 is 0 Å². The van der Waals surface area contributed by atoms with E-state index in [0.717, 1.165) is 39.2 Å². The van der Waals surface area contributed by atoms with E-state index in [1.165, 1.54) is 24.3 Å². The Kier molecular flexibility index (Phi) is 12.2. The number of alkyl halides is 3. The molecule has 8 heteroatoms. The minimum atomic E-state index is -5.09.